The minimum atomic E-state index is 0.623. The first kappa shape index (κ1) is 12.2. The quantitative estimate of drug-likeness (QED) is 0.870. The first-order chi connectivity index (χ1) is 8.85. The maximum Gasteiger partial charge on any atom is 0.226 e. The number of rotatable bonds is 5. The van der Waals surface area contributed by atoms with Crippen LogP contribution in [0.2, 0.25) is 0 Å². The Morgan fingerprint density at radius 1 is 1.17 bits per heavy atom. The van der Waals surface area contributed by atoms with Gasteiger partial charge in [0.25, 0.3) is 0 Å². The molecule has 0 amide bonds. The molecule has 3 rings (SSSR count). The summed E-state index contributed by atoms with van der Waals surface area (Å²) in [5.74, 6) is 3.26. The monoisotopic (exact) mass is 249 g/mol. The zero-order chi connectivity index (χ0) is 12.4. The van der Waals surface area contributed by atoms with Gasteiger partial charge in [0.15, 0.2) is 5.82 Å². The zero-order valence-corrected chi connectivity index (χ0v) is 11.2. The second kappa shape index (κ2) is 5.39. The third-order valence-electron chi connectivity index (χ3n) is 4.40. The van der Waals surface area contributed by atoms with Gasteiger partial charge < -0.3 is 9.84 Å². The van der Waals surface area contributed by atoms with Crippen LogP contribution in [0.1, 0.15) is 50.2 Å². The summed E-state index contributed by atoms with van der Waals surface area (Å²) in [6.07, 6.45) is 9.90. The van der Waals surface area contributed by atoms with Crippen molar-refractivity contribution in [1.29, 1.82) is 0 Å². The maximum atomic E-state index is 5.40. The second-order valence-electron chi connectivity index (χ2n) is 5.90. The lowest BCUT2D eigenvalue weighted by Crippen LogP contribution is -2.37. The van der Waals surface area contributed by atoms with Gasteiger partial charge in [-0.3, -0.25) is 0 Å². The molecule has 0 aromatic carbocycles. The number of hydrogen-bond acceptors (Lipinski definition) is 4. The number of nitrogens with one attached hydrogen (secondary N) is 1. The van der Waals surface area contributed by atoms with Gasteiger partial charge in [0.05, 0.1) is 0 Å². The second-order valence-corrected chi connectivity index (χ2v) is 5.90. The summed E-state index contributed by atoms with van der Waals surface area (Å²) in [5.41, 5.74) is 0. The van der Waals surface area contributed by atoms with Gasteiger partial charge in [-0.15, -0.1) is 0 Å². The van der Waals surface area contributed by atoms with E-state index < -0.39 is 0 Å². The lowest BCUT2D eigenvalue weighted by Gasteiger charge is -2.30. The van der Waals surface area contributed by atoms with Crippen LogP contribution in [0.25, 0.3) is 0 Å². The van der Waals surface area contributed by atoms with Crippen molar-refractivity contribution in [3.63, 3.8) is 0 Å². The van der Waals surface area contributed by atoms with E-state index in [0.717, 1.165) is 30.5 Å². The molecule has 2 aliphatic rings. The normalized spacial score (nSPS) is 28.5. The molecule has 18 heavy (non-hydrogen) atoms. The smallest absolute Gasteiger partial charge is 0.226 e. The van der Waals surface area contributed by atoms with Crippen LogP contribution in [0.4, 0.5) is 0 Å². The largest absolute Gasteiger partial charge is 0.339 e. The molecule has 4 heteroatoms. The lowest BCUT2D eigenvalue weighted by atomic mass is 9.82. The first-order valence-corrected chi connectivity index (χ1v) is 7.34. The van der Waals surface area contributed by atoms with E-state index >= 15 is 0 Å². The molecule has 0 radical (unpaired) electrons. The highest BCUT2D eigenvalue weighted by Crippen LogP contribution is 2.32. The summed E-state index contributed by atoms with van der Waals surface area (Å²) in [5, 5.41) is 7.54. The highest BCUT2D eigenvalue weighted by atomic mass is 16.5. The fraction of sp³-hybridized carbons (Fsp3) is 0.857. The summed E-state index contributed by atoms with van der Waals surface area (Å²) in [6.45, 7) is 0. The van der Waals surface area contributed by atoms with Crippen LogP contribution in [-0.2, 0) is 12.8 Å². The van der Waals surface area contributed by atoms with Crippen molar-refractivity contribution in [2.75, 3.05) is 7.05 Å². The van der Waals surface area contributed by atoms with E-state index in [1.165, 1.54) is 38.5 Å². The van der Waals surface area contributed by atoms with Crippen LogP contribution < -0.4 is 5.32 Å². The van der Waals surface area contributed by atoms with Crippen LogP contribution in [0.15, 0.2) is 4.52 Å². The van der Waals surface area contributed by atoms with E-state index in [1.54, 1.807) is 0 Å². The molecule has 0 saturated heterocycles. The summed E-state index contributed by atoms with van der Waals surface area (Å²) in [4.78, 5) is 4.55. The van der Waals surface area contributed by atoms with Gasteiger partial charge >= 0.3 is 0 Å². The fourth-order valence-electron chi connectivity index (χ4n) is 3.09. The average molecular weight is 249 g/mol. The van der Waals surface area contributed by atoms with E-state index in [-0.39, 0.29) is 0 Å². The minimum Gasteiger partial charge on any atom is -0.339 e. The van der Waals surface area contributed by atoms with Gasteiger partial charge in [0, 0.05) is 18.9 Å². The topological polar surface area (TPSA) is 51.0 Å². The molecule has 2 aliphatic carbocycles. The van der Waals surface area contributed by atoms with Crippen molar-refractivity contribution in [3.8, 4) is 0 Å². The molecule has 1 aromatic heterocycles. The molecule has 100 valence electrons. The Labute approximate surface area is 109 Å². The van der Waals surface area contributed by atoms with E-state index in [0.29, 0.717) is 12.0 Å². The molecule has 0 aliphatic heterocycles. The molecule has 2 saturated carbocycles. The van der Waals surface area contributed by atoms with E-state index in [2.05, 4.69) is 22.5 Å². The third kappa shape index (κ3) is 2.91. The van der Waals surface area contributed by atoms with Crippen molar-refractivity contribution in [3.05, 3.63) is 11.7 Å². The van der Waals surface area contributed by atoms with Gasteiger partial charge in [-0.05, 0) is 44.6 Å². The molecular weight excluding hydrogens is 226 g/mol. The molecule has 2 atom stereocenters. The van der Waals surface area contributed by atoms with E-state index in [9.17, 15) is 0 Å². The van der Waals surface area contributed by atoms with E-state index in [4.69, 9.17) is 4.52 Å². The van der Waals surface area contributed by atoms with Crippen LogP contribution >= 0.6 is 0 Å². The molecule has 0 bridgehead atoms. The van der Waals surface area contributed by atoms with Crippen molar-refractivity contribution in [2.45, 2.75) is 57.4 Å². The molecular formula is C14H23N3O. The first-order valence-electron chi connectivity index (χ1n) is 7.34. The summed E-state index contributed by atoms with van der Waals surface area (Å²) >= 11 is 0. The zero-order valence-electron chi connectivity index (χ0n) is 11.2. The Morgan fingerprint density at radius 2 is 2.00 bits per heavy atom. The van der Waals surface area contributed by atoms with Crippen molar-refractivity contribution in [2.24, 2.45) is 11.8 Å². The molecule has 2 unspecified atom stereocenters. The maximum absolute atomic E-state index is 5.40. The molecule has 1 heterocycles. The fourth-order valence-corrected chi connectivity index (χ4v) is 3.09. The summed E-state index contributed by atoms with van der Waals surface area (Å²) in [7, 11) is 2.06. The molecule has 2 fully saturated rings. The Balaban J connectivity index is 1.58. The highest BCUT2D eigenvalue weighted by molar-refractivity contribution is 4.94. The predicted octanol–water partition coefficient (Wildman–Crippen LogP) is 2.34. The van der Waals surface area contributed by atoms with Gasteiger partial charge in [-0.2, -0.15) is 4.98 Å². The Kier molecular flexibility index (Phi) is 3.64. The Bertz CT molecular complexity index is 386. The van der Waals surface area contributed by atoms with Gasteiger partial charge in [-0.25, -0.2) is 0 Å². The molecule has 4 nitrogen and oxygen atoms in total. The number of aromatic nitrogens is 2. The summed E-state index contributed by atoms with van der Waals surface area (Å²) < 4.78 is 5.40. The number of hydrogen-bond donors (Lipinski definition) is 1. The SMILES string of the molecule is CNC1CCCCC1Cc1nc(CC2CC2)no1. The molecule has 1 aromatic rings. The van der Waals surface area contributed by atoms with Gasteiger partial charge in [0.1, 0.15) is 0 Å². The predicted molar refractivity (Wildman–Crippen MR) is 69.2 cm³/mol. The van der Waals surface area contributed by atoms with Crippen LogP contribution in [0, 0.1) is 11.8 Å². The van der Waals surface area contributed by atoms with Crippen LogP contribution in [0.3, 0.4) is 0 Å². The third-order valence-corrected chi connectivity index (χ3v) is 4.40. The molecule has 1 N–H and O–H groups in total. The molecule has 0 spiro atoms. The minimum absolute atomic E-state index is 0.623. The van der Waals surface area contributed by atoms with Gasteiger partial charge in [-0.1, -0.05) is 18.0 Å². The van der Waals surface area contributed by atoms with Crippen molar-refractivity contribution >= 4 is 0 Å². The number of nitrogens with zero attached hydrogens (tertiary/aromatic N) is 2. The van der Waals surface area contributed by atoms with Crippen molar-refractivity contribution < 1.29 is 4.52 Å². The Morgan fingerprint density at radius 3 is 2.78 bits per heavy atom. The lowest BCUT2D eigenvalue weighted by molar-refractivity contribution is 0.248. The summed E-state index contributed by atoms with van der Waals surface area (Å²) in [6, 6.07) is 0.623. The average Bonchev–Trinajstić information content (AvgIpc) is 3.10. The Hall–Kier alpha value is -0.900. The van der Waals surface area contributed by atoms with Gasteiger partial charge in [0.2, 0.25) is 5.89 Å². The van der Waals surface area contributed by atoms with E-state index in [1.807, 2.05) is 0 Å². The van der Waals surface area contributed by atoms with Crippen LogP contribution in [-0.4, -0.2) is 23.2 Å². The van der Waals surface area contributed by atoms with Crippen LogP contribution in [0.5, 0.6) is 0 Å². The highest BCUT2D eigenvalue weighted by Gasteiger charge is 2.27. The van der Waals surface area contributed by atoms with Crippen molar-refractivity contribution in [1.82, 2.24) is 15.5 Å². The standard InChI is InChI=1S/C14H23N3O/c1-15-12-5-3-2-4-11(12)9-14-16-13(17-18-14)8-10-6-7-10/h10-12,15H,2-9H2,1H3.